The smallest absolute Gasteiger partial charge is 0.254 e. The van der Waals surface area contributed by atoms with Gasteiger partial charge in [0.2, 0.25) is 0 Å². The normalized spacial score (nSPS) is 27.1. The van der Waals surface area contributed by atoms with E-state index in [1.54, 1.807) is 0 Å². The zero-order valence-corrected chi connectivity index (χ0v) is 13.6. The summed E-state index contributed by atoms with van der Waals surface area (Å²) in [5.41, 5.74) is -0.0912. The van der Waals surface area contributed by atoms with Crippen LogP contribution in [0.15, 0.2) is 12.1 Å². The number of aliphatic hydroxyl groups is 1. The number of aryl methyl sites for hydroxylation is 1. The van der Waals surface area contributed by atoms with Crippen LogP contribution in [0.1, 0.15) is 28.8 Å². The van der Waals surface area contributed by atoms with E-state index in [0.29, 0.717) is 32.5 Å². The van der Waals surface area contributed by atoms with Crippen LogP contribution in [0.25, 0.3) is 0 Å². The number of ether oxygens (including phenoxy) is 1. The number of carbonyl (C=O) groups excluding carboxylic acids is 1. The Morgan fingerprint density at radius 2 is 2.17 bits per heavy atom. The van der Waals surface area contributed by atoms with Crippen LogP contribution >= 0.6 is 0 Å². The first-order valence-corrected chi connectivity index (χ1v) is 8.21. The molecule has 2 saturated heterocycles. The van der Waals surface area contributed by atoms with Gasteiger partial charge in [-0.15, -0.1) is 0 Å². The molecular weight excluding hydrogens is 318 g/mol. The molecule has 3 atom stereocenters. The summed E-state index contributed by atoms with van der Waals surface area (Å²) in [5.74, 6) is -2.68. The average Bonchev–Trinajstić information content (AvgIpc) is 2.94. The van der Waals surface area contributed by atoms with Gasteiger partial charge in [0.15, 0.2) is 11.6 Å². The lowest BCUT2D eigenvalue weighted by Gasteiger charge is -2.34. The Labute approximate surface area is 139 Å². The van der Waals surface area contributed by atoms with Gasteiger partial charge in [-0.2, -0.15) is 0 Å². The standard InChI is InChI=1S/C17H22F2N2O3/c1-10-2-3-14(16(19)15(10)18)17(23)20-11-6-12-9-24-13(4-5-22)8-21(12)7-11/h2-3,11-13,22H,4-9H2,1H3,(H,20,23)/t11-,12-,13-/m0/s1. The number of morpholine rings is 1. The van der Waals surface area contributed by atoms with Gasteiger partial charge < -0.3 is 15.2 Å². The second-order valence-electron chi connectivity index (χ2n) is 6.54. The lowest BCUT2D eigenvalue weighted by molar-refractivity contribution is -0.0566. The maximum Gasteiger partial charge on any atom is 0.254 e. The molecule has 0 saturated carbocycles. The summed E-state index contributed by atoms with van der Waals surface area (Å²) in [5, 5.41) is 11.8. The molecule has 0 bridgehead atoms. The number of rotatable bonds is 4. The van der Waals surface area contributed by atoms with E-state index in [-0.39, 0.29) is 35.9 Å². The summed E-state index contributed by atoms with van der Waals surface area (Å²) >= 11 is 0. The molecule has 2 N–H and O–H groups in total. The van der Waals surface area contributed by atoms with Gasteiger partial charge >= 0.3 is 0 Å². The van der Waals surface area contributed by atoms with Crippen molar-refractivity contribution in [2.45, 2.75) is 38.0 Å². The van der Waals surface area contributed by atoms with Crippen molar-refractivity contribution in [3.63, 3.8) is 0 Å². The van der Waals surface area contributed by atoms with Crippen molar-refractivity contribution in [1.29, 1.82) is 0 Å². The number of benzene rings is 1. The summed E-state index contributed by atoms with van der Waals surface area (Å²) in [6.45, 7) is 3.47. The van der Waals surface area contributed by atoms with E-state index in [9.17, 15) is 13.6 Å². The van der Waals surface area contributed by atoms with E-state index in [1.165, 1.54) is 19.1 Å². The molecule has 7 heteroatoms. The zero-order chi connectivity index (χ0) is 17.3. The van der Waals surface area contributed by atoms with Gasteiger partial charge in [-0.25, -0.2) is 8.78 Å². The number of amides is 1. The van der Waals surface area contributed by atoms with Gasteiger partial charge in [0.05, 0.1) is 18.3 Å². The van der Waals surface area contributed by atoms with Gasteiger partial charge in [0, 0.05) is 31.8 Å². The third-order valence-corrected chi connectivity index (χ3v) is 4.80. The minimum Gasteiger partial charge on any atom is -0.396 e. The van der Waals surface area contributed by atoms with E-state index in [2.05, 4.69) is 10.2 Å². The molecule has 3 rings (SSSR count). The number of nitrogens with one attached hydrogen (secondary N) is 1. The van der Waals surface area contributed by atoms with Crippen LogP contribution in [-0.4, -0.2) is 60.4 Å². The maximum absolute atomic E-state index is 13.9. The third-order valence-electron chi connectivity index (χ3n) is 4.80. The Kier molecular flexibility index (Phi) is 5.12. The highest BCUT2D eigenvalue weighted by Crippen LogP contribution is 2.25. The van der Waals surface area contributed by atoms with Crippen LogP contribution < -0.4 is 5.32 Å². The van der Waals surface area contributed by atoms with Gasteiger partial charge in [-0.1, -0.05) is 6.07 Å². The Morgan fingerprint density at radius 3 is 2.92 bits per heavy atom. The van der Waals surface area contributed by atoms with Gasteiger partial charge in [-0.05, 0) is 31.4 Å². The van der Waals surface area contributed by atoms with Crippen LogP contribution in [0.5, 0.6) is 0 Å². The topological polar surface area (TPSA) is 61.8 Å². The first-order chi connectivity index (χ1) is 11.5. The number of nitrogens with zero attached hydrogens (tertiary/aromatic N) is 1. The monoisotopic (exact) mass is 340 g/mol. The lowest BCUT2D eigenvalue weighted by atomic mass is 10.1. The summed E-state index contributed by atoms with van der Waals surface area (Å²) in [4.78, 5) is 14.5. The second kappa shape index (κ2) is 7.13. The molecule has 24 heavy (non-hydrogen) atoms. The number of halogens is 2. The molecular formula is C17H22F2N2O3. The van der Waals surface area contributed by atoms with Crippen molar-refractivity contribution in [3.8, 4) is 0 Å². The summed E-state index contributed by atoms with van der Waals surface area (Å²) in [6, 6.07) is 2.80. The first kappa shape index (κ1) is 17.3. The molecule has 0 radical (unpaired) electrons. The minimum absolute atomic E-state index is 0.00402. The highest BCUT2D eigenvalue weighted by Gasteiger charge is 2.38. The maximum atomic E-state index is 13.9. The summed E-state index contributed by atoms with van der Waals surface area (Å²) in [6.07, 6.45) is 1.31. The van der Waals surface area contributed by atoms with Gasteiger partial charge in [0.1, 0.15) is 0 Å². The van der Waals surface area contributed by atoms with E-state index < -0.39 is 17.5 Å². The number of carbonyl (C=O) groups is 1. The van der Waals surface area contributed by atoms with Crippen molar-refractivity contribution in [3.05, 3.63) is 34.9 Å². The van der Waals surface area contributed by atoms with E-state index in [4.69, 9.17) is 9.84 Å². The molecule has 0 unspecified atom stereocenters. The van der Waals surface area contributed by atoms with Crippen molar-refractivity contribution in [1.82, 2.24) is 10.2 Å². The fourth-order valence-corrected chi connectivity index (χ4v) is 3.45. The molecule has 0 aliphatic carbocycles. The third kappa shape index (κ3) is 3.43. The van der Waals surface area contributed by atoms with Crippen LogP contribution in [0.4, 0.5) is 8.78 Å². The Bertz CT molecular complexity index is 626. The van der Waals surface area contributed by atoms with Gasteiger partial charge in [0.25, 0.3) is 5.91 Å². The lowest BCUT2D eigenvalue weighted by Crippen LogP contribution is -2.46. The minimum atomic E-state index is -1.10. The first-order valence-electron chi connectivity index (χ1n) is 8.21. The van der Waals surface area contributed by atoms with E-state index in [1.807, 2.05) is 0 Å². The zero-order valence-electron chi connectivity index (χ0n) is 13.6. The predicted octanol–water partition coefficient (Wildman–Crippen LogP) is 1.23. The molecule has 0 aromatic heterocycles. The molecule has 2 aliphatic rings. The van der Waals surface area contributed by atoms with Crippen molar-refractivity contribution in [2.75, 3.05) is 26.3 Å². The van der Waals surface area contributed by atoms with Crippen molar-refractivity contribution in [2.24, 2.45) is 0 Å². The molecule has 2 fully saturated rings. The second-order valence-corrected chi connectivity index (χ2v) is 6.54. The van der Waals surface area contributed by atoms with E-state index in [0.717, 1.165) is 0 Å². The summed E-state index contributed by atoms with van der Waals surface area (Å²) in [7, 11) is 0. The molecule has 1 amide bonds. The molecule has 2 heterocycles. The quantitative estimate of drug-likeness (QED) is 0.865. The summed E-state index contributed by atoms with van der Waals surface area (Å²) < 4.78 is 33.2. The SMILES string of the molecule is Cc1ccc(C(=O)N[C@H]2C[C@H]3CO[C@@H](CCO)CN3C2)c(F)c1F. The number of hydrogen-bond donors (Lipinski definition) is 2. The average molecular weight is 340 g/mol. The Balaban J connectivity index is 1.62. The molecule has 5 nitrogen and oxygen atoms in total. The van der Waals surface area contributed by atoms with Crippen LogP contribution in [0.2, 0.25) is 0 Å². The Morgan fingerprint density at radius 1 is 1.38 bits per heavy atom. The predicted molar refractivity (Wildman–Crippen MR) is 83.8 cm³/mol. The van der Waals surface area contributed by atoms with Crippen molar-refractivity contribution >= 4 is 5.91 Å². The molecule has 0 spiro atoms. The molecule has 2 aliphatic heterocycles. The molecule has 132 valence electrons. The van der Waals surface area contributed by atoms with Gasteiger partial charge in [-0.3, -0.25) is 9.69 Å². The largest absolute Gasteiger partial charge is 0.396 e. The number of aliphatic hydroxyl groups excluding tert-OH is 1. The van der Waals surface area contributed by atoms with Crippen LogP contribution in [-0.2, 0) is 4.74 Å². The van der Waals surface area contributed by atoms with Crippen molar-refractivity contribution < 1.29 is 23.4 Å². The van der Waals surface area contributed by atoms with Crippen LogP contribution in [0, 0.1) is 18.6 Å². The van der Waals surface area contributed by atoms with E-state index >= 15 is 0 Å². The molecule has 1 aromatic carbocycles. The fraction of sp³-hybridized carbons (Fsp3) is 0.588. The number of fused-ring (bicyclic) bond motifs is 1. The highest BCUT2D eigenvalue weighted by atomic mass is 19.2. The highest BCUT2D eigenvalue weighted by molar-refractivity contribution is 5.94. The van der Waals surface area contributed by atoms with Crippen LogP contribution in [0.3, 0.4) is 0 Å². The Hall–Kier alpha value is -1.57. The number of hydrogen-bond acceptors (Lipinski definition) is 4. The molecule has 1 aromatic rings. The fourth-order valence-electron chi connectivity index (χ4n) is 3.45.